The molecule has 1 fully saturated rings. The fourth-order valence-electron chi connectivity index (χ4n) is 3.38. The van der Waals surface area contributed by atoms with E-state index in [4.69, 9.17) is 10.1 Å². The molecule has 0 radical (unpaired) electrons. The minimum absolute atomic E-state index is 0.142. The molecule has 5 N–H and O–H groups in total. The van der Waals surface area contributed by atoms with Gasteiger partial charge in [-0.2, -0.15) is 0 Å². The van der Waals surface area contributed by atoms with E-state index in [-0.39, 0.29) is 5.76 Å². The number of quaternary nitrogens is 1. The SMILES string of the molecule is Cc1cc(F)cc(NC(=O)/C(OCCc2scnc2C)=C(\C=[NH2+])N2CC[NH2+]CC2)c1. The molecule has 0 unspecified atom stereocenters. The highest BCUT2D eigenvalue weighted by Crippen LogP contribution is 2.18. The lowest BCUT2D eigenvalue weighted by atomic mass is 10.2. The number of anilines is 1. The van der Waals surface area contributed by atoms with Crippen molar-refractivity contribution >= 4 is 29.1 Å². The number of amides is 1. The second kappa shape index (κ2) is 10.3. The smallest absolute Gasteiger partial charge is 0.293 e. The van der Waals surface area contributed by atoms with E-state index in [0.29, 0.717) is 24.4 Å². The first kappa shape index (κ1) is 21.9. The summed E-state index contributed by atoms with van der Waals surface area (Å²) in [6.45, 7) is 7.38. The van der Waals surface area contributed by atoms with Crippen LogP contribution in [-0.2, 0) is 16.0 Å². The van der Waals surface area contributed by atoms with Crippen LogP contribution in [0, 0.1) is 19.7 Å². The van der Waals surface area contributed by atoms with Gasteiger partial charge in [0.1, 0.15) is 11.5 Å². The van der Waals surface area contributed by atoms with Gasteiger partial charge in [-0.15, -0.1) is 11.3 Å². The van der Waals surface area contributed by atoms with Crippen molar-refractivity contribution in [1.29, 1.82) is 0 Å². The molecule has 1 aromatic carbocycles. The molecule has 0 atom stereocenters. The van der Waals surface area contributed by atoms with Gasteiger partial charge in [0.05, 0.1) is 44.0 Å². The van der Waals surface area contributed by atoms with Crippen molar-refractivity contribution in [2.24, 2.45) is 0 Å². The number of hydrogen-bond donors (Lipinski definition) is 3. The lowest BCUT2D eigenvalue weighted by molar-refractivity contribution is -0.662. The number of rotatable bonds is 8. The standard InChI is InChI=1S/C21H26FN5O2S/c1-14-9-16(22)11-17(10-14)26-21(28)20(18(12-23)27-6-4-24-5-7-27)29-8-3-19-15(2)25-13-30-19/h9-13,23-24H,3-8H2,1-2H3,(H,26,28)/p+2/b20-18-,23-12?. The summed E-state index contributed by atoms with van der Waals surface area (Å²) in [5.74, 6) is -0.717. The summed E-state index contributed by atoms with van der Waals surface area (Å²) in [4.78, 5) is 20.5. The molecule has 0 aliphatic carbocycles. The number of ether oxygens (including phenoxy) is 1. The van der Waals surface area contributed by atoms with Crippen LogP contribution in [-0.4, -0.2) is 54.8 Å². The molecule has 1 aliphatic heterocycles. The van der Waals surface area contributed by atoms with Gasteiger partial charge in [0.25, 0.3) is 5.91 Å². The van der Waals surface area contributed by atoms with Gasteiger partial charge in [-0.3, -0.25) is 10.2 Å². The van der Waals surface area contributed by atoms with E-state index in [1.165, 1.54) is 18.3 Å². The van der Waals surface area contributed by atoms with Gasteiger partial charge in [0.2, 0.25) is 5.76 Å². The van der Waals surface area contributed by atoms with Crippen LogP contribution in [0.1, 0.15) is 16.1 Å². The Bertz CT molecular complexity index is 917. The van der Waals surface area contributed by atoms with E-state index in [1.54, 1.807) is 29.8 Å². The molecule has 1 amide bonds. The van der Waals surface area contributed by atoms with E-state index >= 15 is 0 Å². The lowest BCUT2D eigenvalue weighted by Crippen LogP contribution is -2.89. The number of benzene rings is 1. The van der Waals surface area contributed by atoms with E-state index in [1.807, 2.05) is 11.8 Å². The van der Waals surface area contributed by atoms with E-state index in [2.05, 4.69) is 15.6 Å². The molecule has 1 saturated heterocycles. The average Bonchev–Trinajstić information content (AvgIpc) is 3.12. The van der Waals surface area contributed by atoms with E-state index in [9.17, 15) is 9.18 Å². The number of thiazole rings is 1. The summed E-state index contributed by atoms with van der Waals surface area (Å²) >= 11 is 1.56. The minimum Gasteiger partial charge on any atom is -0.486 e. The second-order valence-corrected chi connectivity index (χ2v) is 8.10. The highest BCUT2D eigenvalue weighted by molar-refractivity contribution is 7.09. The number of nitrogens with zero attached hydrogens (tertiary/aromatic N) is 2. The van der Waals surface area contributed by atoms with Crippen molar-refractivity contribution in [2.45, 2.75) is 20.3 Å². The molecule has 9 heteroatoms. The van der Waals surface area contributed by atoms with Crippen molar-refractivity contribution in [3.63, 3.8) is 0 Å². The molecule has 1 aromatic heterocycles. The van der Waals surface area contributed by atoms with Crippen LogP contribution in [0.15, 0.2) is 35.2 Å². The van der Waals surface area contributed by atoms with Gasteiger partial charge in [-0.05, 0) is 37.6 Å². The van der Waals surface area contributed by atoms with Crippen molar-refractivity contribution in [2.75, 3.05) is 38.1 Å². The molecule has 7 nitrogen and oxygen atoms in total. The van der Waals surface area contributed by atoms with Crippen LogP contribution < -0.4 is 16.0 Å². The number of piperazine rings is 1. The molecular formula is C21H28FN5O2S+2. The van der Waals surface area contributed by atoms with Gasteiger partial charge in [-0.25, -0.2) is 9.37 Å². The predicted molar refractivity (Wildman–Crippen MR) is 115 cm³/mol. The first-order valence-corrected chi connectivity index (χ1v) is 10.8. The maximum atomic E-state index is 13.8. The Morgan fingerprint density at radius 3 is 2.77 bits per heavy atom. The highest BCUT2D eigenvalue weighted by Gasteiger charge is 2.25. The lowest BCUT2D eigenvalue weighted by Gasteiger charge is -2.28. The molecule has 160 valence electrons. The monoisotopic (exact) mass is 433 g/mol. The number of allylic oxidation sites excluding steroid dienone is 1. The summed E-state index contributed by atoms with van der Waals surface area (Å²) in [5.41, 5.74) is 4.40. The van der Waals surface area contributed by atoms with Crippen LogP contribution in [0.5, 0.6) is 0 Å². The Morgan fingerprint density at radius 1 is 1.37 bits per heavy atom. The minimum atomic E-state index is -0.452. The number of carbonyl (C=O) groups excluding carboxylic acids is 1. The van der Waals surface area contributed by atoms with Crippen LogP contribution >= 0.6 is 11.3 Å². The van der Waals surface area contributed by atoms with Crippen molar-refractivity contribution in [3.05, 3.63) is 57.1 Å². The summed E-state index contributed by atoms with van der Waals surface area (Å²) in [7, 11) is 0. The quantitative estimate of drug-likeness (QED) is 0.311. The fourth-order valence-corrected chi connectivity index (χ4v) is 4.14. The molecule has 3 rings (SSSR count). The molecule has 0 spiro atoms. The van der Waals surface area contributed by atoms with Gasteiger partial charge in [0.15, 0.2) is 6.21 Å². The van der Waals surface area contributed by atoms with Crippen LogP contribution in [0.2, 0.25) is 0 Å². The van der Waals surface area contributed by atoms with Gasteiger partial charge < -0.3 is 20.3 Å². The van der Waals surface area contributed by atoms with Crippen molar-refractivity contribution in [1.82, 2.24) is 9.88 Å². The molecule has 2 aromatic rings. The highest BCUT2D eigenvalue weighted by atomic mass is 32.1. The molecule has 0 bridgehead atoms. The molecule has 2 heterocycles. The van der Waals surface area contributed by atoms with Crippen LogP contribution in [0.3, 0.4) is 0 Å². The summed E-state index contributed by atoms with van der Waals surface area (Å²) < 4.78 is 19.7. The molecule has 0 saturated carbocycles. The number of nitrogens with two attached hydrogens (primary N) is 2. The summed E-state index contributed by atoms with van der Waals surface area (Å²) in [6, 6.07) is 4.40. The third-order valence-corrected chi connectivity index (χ3v) is 5.86. The Hall–Kier alpha value is -2.78. The molecule has 1 aliphatic rings. The van der Waals surface area contributed by atoms with E-state index < -0.39 is 11.7 Å². The maximum Gasteiger partial charge on any atom is 0.293 e. The molecule has 30 heavy (non-hydrogen) atoms. The fraction of sp³-hybridized carbons (Fsp3) is 0.381. The number of hydrogen-bond acceptors (Lipinski definition) is 5. The predicted octanol–water partition coefficient (Wildman–Crippen LogP) is 0.0173. The number of aryl methyl sites for hydroxylation is 2. The largest absolute Gasteiger partial charge is 0.486 e. The van der Waals surface area contributed by atoms with Crippen molar-refractivity contribution in [3.8, 4) is 0 Å². The Kier molecular flexibility index (Phi) is 7.53. The first-order chi connectivity index (χ1) is 14.5. The topological polar surface area (TPSA) is 96.7 Å². The van der Waals surface area contributed by atoms with E-state index in [0.717, 1.165) is 42.3 Å². The normalized spacial score (nSPS) is 14.8. The zero-order valence-electron chi connectivity index (χ0n) is 17.3. The zero-order valence-corrected chi connectivity index (χ0v) is 18.1. The third kappa shape index (κ3) is 5.64. The Morgan fingerprint density at radius 2 is 2.13 bits per heavy atom. The van der Waals surface area contributed by atoms with Crippen LogP contribution in [0.4, 0.5) is 10.1 Å². The van der Waals surface area contributed by atoms with Crippen molar-refractivity contribution < 1.29 is 24.6 Å². The first-order valence-electron chi connectivity index (χ1n) is 9.94. The number of halogens is 1. The molecular weight excluding hydrogens is 405 g/mol. The number of aromatic nitrogens is 1. The maximum absolute atomic E-state index is 13.8. The van der Waals surface area contributed by atoms with Gasteiger partial charge in [-0.1, -0.05) is 0 Å². The summed E-state index contributed by atoms with van der Waals surface area (Å²) in [5, 5.41) is 10.9. The number of nitrogens with one attached hydrogen (secondary N) is 1. The van der Waals surface area contributed by atoms with Crippen LogP contribution in [0.25, 0.3) is 0 Å². The third-order valence-electron chi connectivity index (χ3n) is 4.86. The summed E-state index contributed by atoms with van der Waals surface area (Å²) in [6.07, 6.45) is 2.05. The van der Waals surface area contributed by atoms with Gasteiger partial charge in [0, 0.05) is 17.0 Å². The number of carbonyl (C=O) groups is 1. The Balaban J connectivity index is 1.82. The second-order valence-electron chi connectivity index (χ2n) is 7.16. The average molecular weight is 434 g/mol. The zero-order chi connectivity index (χ0) is 21.5. The Labute approximate surface area is 179 Å². The van der Waals surface area contributed by atoms with Gasteiger partial charge >= 0.3 is 0 Å².